The van der Waals surface area contributed by atoms with Gasteiger partial charge in [-0.1, -0.05) is 12.1 Å². The maximum atomic E-state index is 10.6. The molecule has 1 saturated heterocycles. The van der Waals surface area contributed by atoms with E-state index < -0.39 is 5.60 Å². The molecule has 0 amide bonds. The number of H-pyrrole nitrogens is 1. The van der Waals surface area contributed by atoms with E-state index >= 15 is 0 Å². The number of aromatic amines is 1. The summed E-state index contributed by atoms with van der Waals surface area (Å²) in [7, 11) is 0. The quantitative estimate of drug-likeness (QED) is 0.797. The number of β-amino-alcohol motifs (C(OH)–C–C–N with tert-alkyl or cyclic N) is 1. The summed E-state index contributed by atoms with van der Waals surface area (Å²) in [5, 5.41) is 21.0. The van der Waals surface area contributed by atoms with Crippen molar-refractivity contribution in [2.75, 3.05) is 32.8 Å². The van der Waals surface area contributed by atoms with Crippen LogP contribution in [0.1, 0.15) is 19.0 Å². The van der Waals surface area contributed by atoms with Crippen LogP contribution in [0.2, 0.25) is 0 Å². The number of ether oxygens (including phenoxy) is 2. The Balaban J connectivity index is 1.51. The number of aromatic nitrogens is 3. The monoisotopic (exact) mass is 318 g/mol. The van der Waals surface area contributed by atoms with Crippen molar-refractivity contribution in [2.24, 2.45) is 0 Å². The van der Waals surface area contributed by atoms with E-state index in [1.54, 1.807) is 6.20 Å². The second kappa shape index (κ2) is 6.97. The van der Waals surface area contributed by atoms with E-state index in [2.05, 4.69) is 20.3 Å². The summed E-state index contributed by atoms with van der Waals surface area (Å²) in [5.74, 6) is 1.51. The minimum Gasteiger partial charge on any atom is -0.490 e. The van der Waals surface area contributed by atoms with E-state index in [0.29, 0.717) is 31.9 Å². The number of benzene rings is 1. The van der Waals surface area contributed by atoms with Crippen LogP contribution in [0.3, 0.4) is 0 Å². The molecule has 23 heavy (non-hydrogen) atoms. The average Bonchev–Trinajstić information content (AvgIpc) is 3.20. The molecule has 124 valence electrons. The minimum atomic E-state index is -0.920. The van der Waals surface area contributed by atoms with Crippen molar-refractivity contribution in [1.29, 1.82) is 0 Å². The van der Waals surface area contributed by atoms with Crippen molar-refractivity contribution >= 4 is 0 Å². The van der Waals surface area contributed by atoms with Crippen LogP contribution in [0, 0.1) is 0 Å². The van der Waals surface area contributed by atoms with Gasteiger partial charge >= 0.3 is 0 Å². The lowest BCUT2D eigenvalue weighted by Gasteiger charge is -2.21. The zero-order valence-electron chi connectivity index (χ0n) is 13.2. The summed E-state index contributed by atoms with van der Waals surface area (Å²) in [4.78, 5) is 2.16. The smallest absolute Gasteiger partial charge is 0.161 e. The van der Waals surface area contributed by atoms with Gasteiger partial charge in [0.05, 0.1) is 12.8 Å². The van der Waals surface area contributed by atoms with Crippen LogP contribution in [0.5, 0.6) is 11.5 Å². The Morgan fingerprint density at radius 2 is 2.09 bits per heavy atom. The van der Waals surface area contributed by atoms with Crippen LogP contribution in [-0.2, 0) is 5.60 Å². The zero-order valence-corrected chi connectivity index (χ0v) is 13.2. The molecular weight excluding hydrogens is 296 g/mol. The van der Waals surface area contributed by atoms with Gasteiger partial charge in [-0.3, -0.25) is 4.90 Å². The molecular formula is C16H22N4O3. The predicted molar refractivity (Wildman–Crippen MR) is 84.4 cm³/mol. The Morgan fingerprint density at radius 1 is 1.30 bits per heavy atom. The summed E-state index contributed by atoms with van der Waals surface area (Å²) in [6.07, 6.45) is 2.23. The van der Waals surface area contributed by atoms with Gasteiger partial charge in [0.25, 0.3) is 0 Å². The first-order valence-corrected chi connectivity index (χ1v) is 7.87. The van der Waals surface area contributed by atoms with Crippen molar-refractivity contribution in [3.05, 3.63) is 36.2 Å². The number of nitrogens with one attached hydrogen (secondary N) is 1. The van der Waals surface area contributed by atoms with Crippen molar-refractivity contribution in [1.82, 2.24) is 20.3 Å². The number of aliphatic hydroxyl groups is 1. The van der Waals surface area contributed by atoms with E-state index in [-0.39, 0.29) is 0 Å². The van der Waals surface area contributed by atoms with Gasteiger partial charge in [-0.25, -0.2) is 0 Å². The molecule has 1 aromatic heterocycles. The molecule has 0 spiro atoms. The first kappa shape index (κ1) is 15.8. The summed E-state index contributed by atoms with van der Waals surface area (Å²) in [5.41, 5.74) is -0.321. The van der Waals surface area contributed by atoms with Gasteiger partial charge in [-0.2, -0.15) is 15.4 Å². The van der Waals surface area contributed by atoms with Gasteiger partial charge in [0, 0.05) is 19.6 Å². The van der Waals surface area contributed by atoms with Gasteiger partial charge in [-0.15, -0.1) is 0 Å². The number of para-hydroxylation sites is 2. The Kier molecular flexibility index (Phi) is 4.78. The van der Waals surface area contributed by atoms with Gasteiger partial charge in [0.15, 0.2) is 11.5 Å². The lowest BCUT2D eigenvalue weighted by molar-refractivity contribution is 0.0403. The van der Waals surface area contributed by atoms with Gasteiger partial charge in [0.1, 0.15) is 17.9 Å². The number of hydrogen-bond donors (Lipinski definition) is 2. The number of hydrogen-bond acceptors (Lipinski definition) is 6. The lowest BCUT2D eigenvalue weighted by Crippen LogP contribution is -2.33. The highest BCUT2D eigenvalue weighted by Gasteiger charge is 2.39. The van der Waals surface area contributed by atoms with Crippen molar-refractivity contribution in [2.45, 2.75) is 18.9 Å². The summed E-state index contributed by atoms with van der Waals surface area (Å²) in [6.45, 7) is 5.18. The third-order valence-electron chi connectivity index (χ3n) is 4.03. The van der Waals surface area contributed by atoms with E-state index in [9.17, 15) is 5.11 Å². The average molecular weight is 318 g/mol. The Bertz CT molecular complexity index is 620. The predicted octanol–water partition coefficient (Wildman–Crippen LogP) is 1.18. The zero-order chi connectivity index (χ0) is 16.1. The van der Waals surface area contributed by atoms with E-state index in [0.717, 1.165) is 24.6 Å². The first-order chi connectivity index (χ1) is 11.2. The molecule has 1 aromatic carbocycles. The summed E-state index contributed by atoms with van der Waals surface area (Å²) >= 11 is 0. The molecule has 2 heterocycles. The van der Waals surface area contributed by atoms with Crippen LogP contribution in [-0.4, -0.2) is 58.3 Å². The molecule has 1 unspecified atom stereocenters. The topological polar surface area (TPSA) is 83.5 Å². The number of likely N-dealkylation sites (tertiary alicyclic amines) is 1. The molecule has 1 aliphatic heterocycles. The highest BCUT2D eigenvalue weighted by atomic mass is 16.5. The van der Waals surface area contributed by atoms with Gasteiger partial charge in [-0.05, 0) is 25.5 Å². The molecule has 1 atom stereocenters. The van der Waals surface area contributed by atoms with Crippen LogP contribution < -0.4 is 9.47 Å². The molecule has 1 aliphatic rings. The Labute approximate surface area is 135 Å². The van der Waals surface area contributed by atoms with Crippen LogP contribution in [0.15, 0.2) is 30.5 Å². The normalized spacial score (nSPS) is 21.5. The molecule has 0 radical (unpaired) electrons. The van der Waals surface area contributed by atoms with Gasteiger partial charge in [0.2, 0.25) is 0 Å². The molecule has 7 heteroatoms. The fourth-order valence-corrected chi connectivity index (χ4v) is 2.83. The fraction of sp³-hybridized carbons (Fsp3) is 0.500. The molecule has 2 N–H and O–H groups in total. The largest absolute Gasteiger partial charge is 0.490 e. The van der Waals surface area contributed by atoms with E-state index in [4.69, 9.17) is 9.47 Å². The molecule has 0 bridgehead atoms. The van der Waals surface area contributed by atoms with Crippen molar-refractivity contribution in [3.8, 4) is 11.5 Å². The molecule has 0 aliphatic carbocycles. The first-order valence-electron chi connectivity index (χ1n) is 7.87. The standard InChI is InChI=1S/C16H22N4O3/c1-2-22-13-5-3-4-6-14(13)23-10-9-20-8-7-16(21,12-20)15-11-17-19-18-15/h3-6,11,21H,2,7-10,12H2,1H3,(H,17,18,19). The van der Waals surface area contributed by atoms with Crippen molar-refractivity contribution in [3.63, 3.8) is 0 Å². The van der Waals surface area contributed by atoms with Crippen molar-refractivity contribution < 1.29 is 14.6 Å². The third kappa shape index (κ3) is 3.62. The lowest BCUT2D eigenvalue weighted by atomic mass is 10.0. The number of nitrogens with zero attached hydrogens (tertiary/aromatic N) is 3. The molecule has 3 rings (SSSR count). The van der Waals surface area contributed by atoms with Crippen LogP contribution >= 0.6 is 0 Å². The third-order valence-corrected chi connectivity index (χ3v) is 4.03. The second-order valence-electron chi connectivity index (χ2n) is 5.64. The fourth-order valence-electron chi connectivity index (χ4n) is 2.83. The molecule has 7 nitrogen and oxygen atoms in total. The maximum absolute atomic E-state index is 10.6. The molecule has 1 fully saturated rings. The number of rotatable bonds is 7. The Hall–Kier alpha value is -2.12. The van der Waals surface area contributed by atoms with E-state index in [1.165, 1.54) is 0 Å². The van der Waals surface area contributed by atoms with Crippen LogP contribution in [0.4, 0.5) is 0 Å². The summed E-state index contributed by atoms with van der Waals surface area (Å²) in [6, 6.07) is 7.66. The maximum Gasteiger partial charge on any atom is 0.161 e. The Morgan fingerprint density at radius 3 is 2.78 bits per heavy atom. The SMILES string of the molecule is CCOc1ccccc1OCCN1CCC(O)(c2cn[nH]n2)C1. The minimum absolute atomic E-state index is 0.538. The van der Waals surface area contributed by atoms with Gasteiger partial charge < -0.3 is 14.6 Å². The molecule has 2 aromatic rings. The highest BCUT2D eigenvalue weighted by Crippen LogP contribution is 2.30. The molecule has 0 saturated carbocycles. The van der Waals surface area contributed by atoms with E-state index in [1.807, 2.05) is 31.2 Å². The van der Waals surface area contributed by atoms with Crippen LogP contribution in [0.25, 0.3) is 0 Å². The highest BCUT2D eigenvalue weighted by molar-refractivity contribution is 5.39. The second-order valence-corrected chi connectivity index (χ2v) is 5.64. The summed E-state index contributed by atoms with van der Waals surface area (Å²) < 4.78 is 11.4.